The number of hydrogen-bond donors (Lipinski definition) is 1. The van der Waals surface area contributed by atoms with Gasteiger partial charge in [0.05, 0.1) is 12.5 Å². The Hall–Kier alpha value is 0.270. The lowest BCUT2D eigenvalue weighted by Gasteiger charge is -2.26. The molecular formula is C9H17NOS. The van der Waals surface area contributed by atoms with E-state index in [-0.39, 0.29) is 0 Å². The summed E-state index contributed by atoms with van der Waals surface area (Å²) in [6, 6.07) is 0. The number of nitrogens with one attached hydrogen (secondary N) is 1. The fourth-order valence-electron chi connectivity index (χ4n) is 1.24. The van der Waals surface area contributed by atoms with E-state index in [1.54, 1.807) is 0 Å². The summed E-state index contributed by atoms with van der Waals surface area (Å²) in [5, 5.41) is 3.28. The van der Waals surface area contributed by atoms with Gasteiger partial charge in [0.15, 0.2) is 0 Å². The molecule has 2 nitrogen and oxygen atoms in total. The van der Waals surface area contributed by atoms with Gasteiger partial charge in [-0.25, -0.2) is 0 Å². The third kappa shape index (κ3) is 2.96. The zero-order valence-corrected chi connectivity index (χ0v) is 8.24. The normalized spacial score (nSPS) is 24.0. The minimum atomic E-state index is 0.910. The average Bonchev–Trinajstić information content (AvgIpc) is 2.76. The van der Waals surface area contributed by atoms with Gasteiger partial charge in [-0.3, -0.25) is 0 Å². The summed E-state index contributed by atoms with van der Waals surface area (Å²) < 4.78 is 5.52. The van der Waals surface area contributed by atoms with Crippen molar-refractivity contribution in [2.24, 2.45) is 11.8 Å². The molecule has 1 saturated heterocycles. The summed E-state index contributed by atoms with van der Waals surface area (Å²) in [5.41, 5.74) is 0. The van der Waals surface area contributed by atoms with Crippen LogP contribution in [0.2, 0.25) is 0 Å². The molecular weight excluding hydrogens is 170 g/mol. The maximum absolute atomic E-state index is 5.52. The van der Waals surface area contributed by atoms with E-state index in [1.807, 2.05) is 11.8 Å². The van der Waals surface area contributed by atoms with Crippen LogP contribution in [0.5, 0.6) is 0 Å². The third-order valence-corrected chi connectivity index (χ3v) is 3.48. The Morgan fingerprint density at radius 2 is 2.08 bits per heavy atom. The summed E-state index contributed by atoms with van der Waals surface area (Å²) in [6.45, 7) is 3.45. The second-order valence-corrected chi connectivity index (χ2v) is 4.80. The Balaban J connectivity index is 1.35. The highest BCUT2D eigenvalue weighted by Gasteiger charge is 2.21. The molecule has 0 aromatic heterocycles. The fourth-order valence-corrected chi connectivity index (χ4v) is 2.12. The van der Waals surface area contributed by atoms with Gasteiger partial charge in [0.2, 0.25) is 0 Å². The summed E-state index contributed by atoms with van der Waals surface area (Å²) in [6.07, 6.45) is 2.80. The van der Waals surface area contributed by atoms with Gasteiger partial charge in [-0.15, -0.1) is 11.8 Å². The quantitative estimate of drug-likeness (QED) is 0.500. The maximum atomic E-state index is 5.52. The topological polar surface area (TPSA) is 21.3 Å². The van der Waals surface area contributed by atoms with Gasteiger partial charge in [0.25, 0.3) is 0 Å². The van der Waals surface area contributed by atoms with E-state index in [9.17, 15) is 0 Å². The fraction of sp³-hybridized carbons (Fsp3) is 1.00. The molecule has 0 spiro atoms. The van der Waals surface area contributed by atoms with Gasteiger partial charge in [-0.05, 0) is 37.8 Å². The first-order valence-electron chi connectivity index (χ1n) is 4.81. The van der Waals surface area contributed by atoms with Gasteiger partial charge in [0.1, 0.15) is 0 Å². The van der Waals surface area contributed by atoms with Crippen molar-refractivity contribution in [2.75, 3.05) is 31.4 Å². The number of thioether (sulfide) groups is 1. The standard InChI is InChI=1S/C9H17NOS/c1-2-8(1)5-11-7-12-6-9-3-10-4-9/h8-10H,1-7H2. The molecule has 12 heavy (non-hydrogen) atoms. The van der Waals surface area contributed by atoms with Crippen molar-refractivity contribution in [1.82, 2.24) is 5.32 Å². The minimum absolute atomic E-state index is 0.910. The largest absolute Gasteiger partial charge is 0.371 e. The number of hydrogen-bond acceptors (Lipinski definition) is 3. The second kappa shape index (κ2) is 4.49. The lowest BCUT2D eigenvalue weighted by Crippen LogP contribution is -2.43. The van der Waals surface area contributed by atoms with E-state index in [4.69, 9.17) is 4.74 Å². The molecule has 2 fully saturated rings. The van der Waals surface area contributed by atoms with Crippen LogP contribution in [0.15, 0.2) is 0 Å². The van der Waals surface area contributed by atoms with E-state index in [0.29, 0.717) is 0 Å². The minimum Gasteiger partial charge on any atom is -0.371 e. The van der Waals surface area contributed by atoms with Crippen molar-refractivity contribution in [3.63, 3.8) is 0 Å². The van der Waals surface area contributed by atoms with Crippen LogP contribution < -0.4 is 5.32 Å². The average molecular weight is 187 g/mol. The first-order chi connectivity index (χ1) is 5.95. The first-order valence-corrected chi connectivity index (χ1v) is 5.97. The molecule has 1 N–H and O–H groups in total. The summed E-state index contributed by atoms with van der Waals surface area (Å²) in [5.74, 6) is 4.01. The Bertz CT molecular complexity index is 134. The Kier molecular flexibility index (Phi) is 3.31. The molecule has 0 bridgehead atoms. The highest BCUT2D eigenvalue weighted by atomic mass is 32.2. The van der Waals surface area contributed by atoms with Crippen LogP contribution in [0.3, 0.4) is 0 Å². The molecule has 1 heterocycles. The second-order valence-electron chi connectivity index (χ2n) is 3.83. The summed E-state index contributed by atoms with van der Waals surface area (Å²) >= 11 is 1.94. The Morgan fingerprint density at radius 1 is 1.25 bits per heavy atom. The van der Waals surface area contributed by atoms with Gasteiger partial charge in [-0.2, -0.15) is 0 Å². The van der Waals surface area contributed by atoms with Gasteiger partial charge in [0, 0.05) is 5.75 Å². The van der Waals surface area contributed by atoms with Gasteiger partial charge < -0.3 is 10.1 Å². The number of ether oxygens (including phenoxy) is 1. The van der Waals surface area contributed by atoms with Crippen LogP contribution in [0.25, 0.3) is 0 Å². The molecule has 0 aromatic rings. The molecule has 1 saturated carbocycles. The van der Waals surface area contributed by atoms with E-state index < -0.39 is 0 Å². The first kappa shape index (κ1) is 8.85. The lowest BCUT2D eigenvalue weighted by atomic mass is 10.1. The van der Waals surface area contributed by atoms with E-state index >= 15 is 0 Å². The highest BCUT2D eigenvalue weighted by Crippen LogP contribution is 2.29. The van der Waals surface area contributed by atoms with Crippen LogP contribution in [0.4, 0.5) is 0 Å². The SMILES string of the molecule is C(OCC1CC1)SCC1CNC1. The monoisotopic (exact) mass is 187 g/mol. The number of rotatable bonds is 6. The van der Waals surface area contributed by atoms with Crippen molar-refractivity contribution in [3.8, 4) is 0 Å². The van der Waals surface area contributed by atoms with Crippen LogP contribution in [0, 0.1) is 11.8 Å². The van der Waals surface area contributed by atoms with E-state index in [2.05, 4.69) is 5.32 Å². The van der Waals surface area contributed by atoms with Crippen molar-refractivity contribution in [3.05, 3.63) is 0 Å². The molecule has 70 valence electrons. The molecule has 0 amide bonds. The highest BCUT2D eigenvalue weighted by molar-refractivity contribution is 7.99. The summed E-state index contributed by atoms with van der Waals surface area (Å²) in [7, 11) is 0. The van der Waals surface area contributed by atoms with Crippen LogP contribution in [0.1, 0.15) is 12.8 Å². The Labute approximate surface area is 78.4 Å². The van der Waals surface area contributed by atoms with Crippen LogP contribution in [-0.4, -0.2) is 31.4 Å². The molecule has 0 atom stereocenters. The smallest absolute Gasteiger partial charge is 0.0921 e. The molecule has 0 aromatic carbocycles. The third-order valence-electron chi connectivity index (χ3n) is 2.44. The molecule has 1 aliphatic carbocycles. The zero-order valence-electron chi connectivity index (χ0n) is 7.42. The van der Waals surface area contributed by atoms with Crippen molar-refractivity contribution < 1.29 is 4.74 Å². The molecule has 0 radical (unpaired) electrons. The molecule has 0 unspecified atom stereocenters. The maximum Gasteiger partial charge on any atom is 0.0921 e. The Morgan fingerprint density at radius 3 is 2.67 bits per heavy atom. The van der Waals surface area contributed by atoms with E-state index in [1.165, 1.54) is 31.7 Å². The van der Waals surface area contributed by atoms with Crippen molar-refractivity contribution >= 4 is 11.8 Å². The lowest BCUT2D eigenvalue weighted by molar-refractivity contribution is 0.170. The van der Waals surface area contributed by atoms with Crippen LogP contribution in [-0.2, 0) is 4.74 Å². The molecule has 1 aliphatic heterocycles. The predicted octanol–water partition coefficient (Wildman–Crippen LogP) is 1.32. The van der Waals surface area contributed by atoms with Gasteiger partial charge >= 0.3 is 0 Å². The zero-order chi connectivity index (χ0) is 8.23. The van der Waals surface area contributed by atoms with Gasteiger partial charge in [-0.1, -0.05) is 0 Å². The van der Waals surface area contributed by atoms with Crippen LogP contribution >= 0.6 is 11.8 Å². The predicted molar refractivity (Wildman–Crippen MR) is 52.4 cm³/mol. The molecule has 2 rings (SSSR count). The molecule has 2 aliphatic rings. The summed E-state index contributed by atoms with van der Waals surface area (Å²) in [4.78, 5) is 0. The van der Waals surface area contributed by atoms with Crippen molar-refractivity contribution in [1.29, 1.82) is 0 Å². The molecule has 3 heteroatoms. The van der Waals surface area contributed by atoms with Crippen molar-refractivity contribution in [2.45, 2.75) is 12.8 Å². The van der Waals surface area contributed by atoms with E-state index in [0.717, 1.165) is 24.4 Å².